The van der Waals surface area contributed by atoms with Crippen molar-refractivity contribution in [3.63, 3.8) is 0 Å². The molecule has 0 saturated carbocycles. The molecule has 6 heteroatoms. The molecule has 0 aromatic heterocycles. The van der Waals surface area contributed by atoms with Crippen LogP contribution < -0.4 is 0 Å². The van der Waals surface area contributed by atoms with E-state index >= 15 is 0 Å². The number of hydrogen-bond acceptors (Lipinski definition) is 6. The van der Waals surface area contributed by atoms with Crippen LogP contribution in [0.25, 0.3) is 0 Å². The number of rotatable bonds is 44. The standard InChI is InChI=1S/C59H92O6/c1-4-7-10-13-16-19-22-24-26-27-28-29-30-31-33-34-37-40-43-46-49-52-58(61)64-55-56(54-63-57(60)51-48-45-42-39-36-21-18-15-12-9-6-3)65-59(62)53-50-47-44-41-38-35-32-25-23-20-17-14-11-8-5-2/h7-8,10-11,15-20,24-26,28-29,31-33,37-38,40-41,56H,4-6,9,12-14,21-23,27,30,34-36,39,42-55H2,1-3H3/b10-7-,11-8-,18-15-,19-16-,20-17-,26-24-,29-28-,32-25-,33-31-,40-37-,41-38-. The van der Waals surface area contributed by atoms with E-state index in [1.165, 1.54) is 25.7 Å². The van der Waals surface area contributed by atoms with Gasteiger partial charge in [-0.05, 0) is 128 Å². The zero-order valence-electron chi connectivity index (χ0n) is 41.4. The lowest BCUT2D eigenvalue weighted by atomic mass is 10.1. The highest BCUT2D eigenvalue weighted by Crippen LogP contribution is 2.11. The van der Waals surface area contributed by atoms with Gasteiger partial charge in [0.15, 0.2) is 6.10 Å². The second-order valence-corrected chi connectivity index (χ2v) is 16.3. The van der Waals surface area contributed by atoms with Gasteiger partial charge in [0.2, 0.25) is 0 Å². The fourth-order valence-corrected chi connectivity index (χ4v) is 6.30. The normalized spacial score (nSPS) is 13.2. The monoisotopic (exact) mass is 897 g/mol. The van der Waals surface area contributed by atoms with Gasteiger partial charge in [-0.3, -0.25) is 14.4 Å². The third-order valence-corrected chi connectivity index (χ3v) is 10.1. The Morgan fingerprint density at radius 3 is 0.985 bits per heavy atom. The highest BCUT2D eigenvalue weighted by atomic mass is 16.6. The molecule has 6 nitrogen and oxygen atoms in total. The minimum Gasteiger partial charge on any atom is -0.462 e. The number of carbonyl (C=O) groups is 3. The molecule has 1 unspecified atom stereocenters. The number of carbonyl (C=O) groups excluding carboxylic acids is 3. The van der Waals surface area contributed by atoms with Gasteiger partial charge in [0.25, 0.3) is 0 Å². The molecule has 0 radical (unpaired) electrons. The van der Waals surface area contributed by atoms with Crippen molar-refractivity contribution in [1.29, 1.82) is 0 Å². The van der Waals surface area contributed by atoms with Crippen LogP contribution in [0.3, 0.4) is 0 Å². The van der Waals surface area contributed by atoms with Gasteiger partial charge >= 0.3 is 17.9 Å². The quantitative estimate of drug-likeness (QED) is 0.0262. The molecule has 0 rings (SSSR count). The molecule has 0 bridgehead atoms. The molecular formula is C59H92O6. The van der Waals surface area contributed by atoms with E-state index in [1.807, 2.05) is 0 Å². The van der Waals surface area contributed by atoms with Crippen molar-refractivity contribution >= 4 is 17.9 Å². The van der Waals surface area contributed by atoms with E-state index in [-0.39, 0.29) is 44.0 Å². The number of unbranched alkanes of at least 4 members (excludes halogenated alkanes) is 11. The lowest BCUT2D eigenvalue weighted by Gasteiger charge is -2.18. The summed E-state index contributed by atoms with van der Waals surface area (Å²) in [6.45, 7) is 6.26. The van der Waals surface area contributed by atoms with Gasteiger partial charge in [-0.2, -0.15) is 0 Å². The molecule has 0 aromatic carbocycles. The maximum absolute atomic E-state index is 12.8. The molecule has 0 aliphatic rings. The third-order valence-electron chi connectivity index (χ3n) is 10.1. The molecule has 0 aromatic rings. The minimum atomic E-state index is -0.825. The Morgan fingerprint density at radius 1 is 0.323 bits per heavy atom. The van der Waals surface area contributed by atoms with Gasteiger partial charge in [0.05, 0.1) is 0 Å². The van der Waals surface area contributed by atoms with Crippen LogP contribution in [0, 0.1) is 0 Å². The van der Waals surface area contributed by atoms with Crippen molar-refractivity contribution in [1.82, 2.24) is 0 Å². The van der Waals surface area contributed by atoms with E-state index in [9.17, 15) is 14.4 Å². The van der Waals surface area contributed by atoms with Crippen molar-refractivity contribution in [2.45, 2.75) is 207 Å². The molecule has 0 N–H and O–H groups in total. The van der Waals surface area contributed by atoms with E-state index in [4.69, 9.17) is 14.2 Å². The number of hydrogen-bond donors (Lipinski definition) is 0. The maximum Gasteiger partial charge on any atom is 0.306 e. The van der Waals surface area contributed by atoms with Gasteiger partial charge < -0.3 is 14.2 Å². The molecule has 0 saturated heterocycles. The van der Waals surface area contributed by atoms with Crippen molar-refractivity contribution in [2.24, 2.45) is 0 Å². The second-order valence-electron chi connectivity index (χ2n) is 16.3. The van der Waals surface area contributed by atoms with Crippen LogP contribution >= 0.6 is 0 Å². The lowest BCUT2D eigenvalue weighted by Crippen LogP contribution is -2.30. The summed E-state index contributed by atoms with van der Waals surface area (Å²) in [5.74, 6) is -1.03. The fourth-order valence-electron chi connectivity index (χ4n) is 6.30. The first-order valence-electron chi connectivity index (χ1n) is 25.7. The molecular weight excluding hydrogens is 805 g/mol. The van der Waals surface area contributed by atoms with Crippen LogP contribution in [-0.4, -0.2) is 37.2 Å². The van der Waals surface area contributed by atoms with Crippen LogP contribution in [0.4, 0.5) is 0 Å². The van der Waals surface area contributed by atoms with Crippen molar-refractivity contribution in [3.05, 3.63) is 134 Å². The van der Waals surface area contributed by atoms with Crippen molar-refractivity contribution < 1.29 is 28.6 Å². The van der Waals surface area contributed by atoms with Gasteiger partial charge in [-0.15, -0.1) is 0 Å². The Bertz CT molecular complexity index is 1450. The molecule has 0 aliphatic carbocycles. The average Bonchev–Trinajstić information content (AvgIpc) is 3.30. The molecule has 0 aliphatic heterocycles. The summed E-state index contributed by atoms with van der Waals surface area (Å²) in [4.78, 5) is 37.9. The van der Waals surface area contributed by atoms with Crippen LogP contribution in [-0.2, 0) is 28.6 Å². The molecule has 0 fully saturated rings. The smallest absolute Gasteiger partial charge is 0.306 e. The van der Waals surface area contributed by atoms with Crippen molar-refractivity contribution in [3.8, 4) is 0 Å². The summed E-state index contributed by atoms with van der Waals surface area (Å²) >= 11 is 0. The van der Waals surface area contributed by atoms with Crippen LogP contribution in [0.5, 0.6) is 0 Å². The molecule has 0 amide bonds. The maximum atomic E-state index is 12.8. The Hall–Kier alpha value is -4.45. The first kappa shape index (κ1) is 60.5. The van der Waals surface area contributed by atoms with E-state index in [0.29, 0.717) is 19.3 Å². The third kappa shape index (κ3) is 50.4. The predicted octanol–water partition coefficient (Wildman–Crippen LogP) is 17.1. The number of allylic oxidation sites excluding steroid dienone is 22. The zero-order chi connectivity index (χ0) is 47.2. The topological polar surface area (TPSA) is 78.9 Å². The summed E-state index contributed by atoms with van der Waals surface area (Å²) < 4.78 is 16.7. The molecule has 1 atom stereocenters. The highest BCUT2D eigenvalue weighted by Gasteiger charge is 2.19. The van der Waals surface area contributed by atoms with Gasteiger partial charge in [-0.25, -0.2) is 0 Å². The second kappa shape index (κ2) is 52.2. The van der Waals surface area contributed by atoms with E-state index < -0.39 is 6.10 Å². The summed E-state index contributed by atoms with van der Waals surface area (Å²) in [6, 6.07) is 0. The van der Waals surface area contributed by atoms with Crippen LogP contribution in [0.1, 0.15) is 201 Å². The lowest BCUT2D eigenvalue weighted by molar-refractivity contribution is -0.167. The van der Waals surface area contributed by atoms with Crippen molar-refractivity contribution in [2.75, 3.05) is 13.2 Å². The minimum absolute atomic E-state index is 0.118. The van der Waals surface area contributed by atoms with E-state index in [0.717, 1.165) is 122 Å². The van der Waals surface area contributed by atoms with E-state index in [1.54, 1.807) is 0 Å². The molecule has 364 valence electrons. The SMILES string of the molecule is CC/C=C\C/C=C\C/C=C\C/C=C\C/C=C\C/C=C\CCCCC(=O)OCC(COC(=O)CCCCCCC/C=C\CCCC)OC(=O)CCCC/C=C\C/C=C\C/C=C\C/C=C\CC. The average molecular weight is 897 g/mol. The first-order chi connectivity index (χ1) is 32.0. The molecule has 65 heavy (non-hydrogen) atoms. The zero-order valence-corrected chi connectivity index (χ0v) is 41.4. The first-order valence-corrected chi connectivity index (χ1v) is 25.7. The number of ether oxygens (including phenoxy) is 3. The van der Waals surface area contributed by atoms with E-state index in [2.05, 4.69) is 154 Å². The fraction of sp³-hybridized carbons (Fsp3) is 0.576. The summed E-state index contributed by atoms with van der Waals surface area (Å²) in [5.41, 5.74) is 0. The van der Waals surface area contributed by atoms with Gasteiger partial charge in [0.1, 0.15) is 13.2 Å². The predicted molar refractivity (Wildman–Crippen MR) is 279 cm³/mol. The summed E-state index contributed by atoms with van der Waals surface area (Å²) in [6.07, 6.45) is 73.0. The summed E-state index contributed by atoms with van der Waals surface area (Å²) in [5, 5.41) is 0. The molecule has 0 heterocycles. The van der Waals surface area contributed by atoms with Crippen LogP contribution in [0.2, 0.25) is 0 Å². The Labute approximate surface area is 398 Å². The summed E-state index contributed by atoms with van der Waals surface area (Å²) in [7, 11) is 0. The molecule has 0 spiro atoms. The number of esters is 3. The highest BCUT2D eigenvalue weighted by molar-refractivity contribution is 5.71. The van der Waals surface area contributed by atoms with Gasteiger partial charge in [0, 0.05) is 19.3 Å². The van der Waals surface area contributed by atoms with Gasteiger partial charge in [-0.1, -0.05) is 187 Å². The van der Waals surface area contributed by atoms with Crippen LogP contribution in [0.15, 0.2) is 134 Å². The Balaban J connectivity index is 4.53. The Kier molecular flexibility index (Phi) is 48.6. The largest absolute Gasteiger partial charge is 0.462 e. The Morgan fingerprint density at radius 2 is 0.600 bits per heavy atom.